The Morgan fingerprint density at radius 3 is 2.39 bits per heavy atom. The average molecular weight is 322 g/mol. The van der Waals surface area contributed by atoms with Gasteiger partial charge in [0.1, 0.15) is 0 Å². The van der Waals surface area contributed by atoms with Crippen LogP contribution in [-0.2, 0) is 23.7 Å². The quantitative estimate of drug-likeness (QED) is 0.439. The lowest BCUT2D eigenvalue weighted by atomic mass is 10.1. The predicted octanol–water partition coefficient (Wildman–Crippen LogP) is 3.41. The van der Waals surface area contributed by atoms with Crippen LogP contribution in [0.4, 0.5) is 4.79 Å². The summed E-state index contributed by atoms with van der Waals surface area (Å²) in [4.78, 5) is 22.5. The van der Waals surface area contributed by atoms with Gasteiger partial charge in [-0.2, -0.15) is 0 Å². The highest BCUT2D eigenvalue weighted by atomic mass is 16.7. The van der Waals surface area contributed by atoms with Gasteiger partial charge in [-0.3, -0.25) is 0 Å². The summed E-state index contributed by atoms with van der Waals surface area (Å²) < 4.78 is 19.6. The maximum absolute atomic E-state index is 11.5. The third-order valence-electron chi connectivity index (χ3n) is 2.99. The fourth-order valence-corrected chi connectivity index (χ4v) is 1.92. The molecule has 1 rings (SSSR count). The van der Waals surface area contributed by atoms with Gasteiger partial charge in [0.2, 0.25) is 0 Å². The maximum atomic E-state index is 11.5. The van der Waals surface area contributed by atoms with Crippen molar-refractivity contribution in [3.63, 3.8) is 0 Å². The first-order valence-electron chi connectivity index (χ1n) is 7.35. The van der Waals surface area contributed by atoms with E-state index in [1.165, 1.54) is 6.08 Å². The number of hydrogen-bond donors (Lipinski definition) is 0. The van der Waals surface area contributed by atoms with E-state index >= 15 is 0 Å². The molecule has 0 aromatic rings. The third-order valence-corrected chi connectivity index (χ3v) is 2.99. The molecule has 0 saturated carbocycles. The summed E-state index contributed by atoms with van der Waals surface area (Å²) in [5, 5.41) is 0. The van der Waals surface area contributed by atoms with Crippen molar-refractivity contribution in [1.29, 1.82) is 0 Å². The Morgan fingerprint density at radius 2 is 1.74 bits per heavy atom. The van der Waals surface area contributed by atoms with Crippen LogP contribution in [0.5, 0.6) is 0 Å². The molecule has 1 aliphatic carbocycles. The van der Waals surface area contributed by atoms with E-state index < -0.39 is 12.1 Å². The Bertz CT molecular complexity index is 539. The number of carbonyl (C=O) groups excluding carboxylic acids is 2. The van der Waals surface area contributed by atoms with Gasteiger partial charge in [-0.15, -0.1) is 0 Å². The zero-order valence-corrected chi connectivity index (χ0v) is 13.7. The van der Waals surface area contributed by atoms with Crippen molar-refractivity contribution >= 4 is 12.1 Å². The zero-order chi connectivity index (χ0) is 17.1. The SMILES string of the molecule is CCOC(=O)OC(=O)/C=C/C1=C/CCC=C(OC)/C(OC)=C\C1. The lowest BCUT2D eigenvalue weighted by Gasteiger charge is -2.09. The van der Waals surface area contributed by atoms with Crippen molar-refractivity contribution in [1.82, 2.24) is 0 Å². The molecule has 6 nitrogen and oxygen atoms in total. The molecule has 126 valence electrons. The van der Waals surface area contributed by atoms with Crippen molar-refractivity contribution in [2.45, 2.75) is 26.2 Å². The number of ether oxygens (including phenoxy) is 4. The Labute approximate surface area is 136 Å². The van der Waals surface area contributed by atoms with E-state index in [1.807, 2.05) is 18.2 Å². The van der Waals surface area contributed by atoms with Crippen molar-refractivity contribution in [2.24, 2.45) is 0 Å². The monoisotopic (exact) mass is 322 g/mol. The van der Waals surface area contributed by atoms with Crippen LogP contribution in [0, 0.1) is 0 Å². The third kappa shape index (κ3) is 6.86. The van der Waals surface area contributed by atoms with Crippen LogP contribution in [-0.4, -0.2) is 33.0 Å². The second-order valence-corrected chi connectivity index (χ2v) is 4.54. The molecule has 0 bridgehead atoms. The van der Waals surface area contributed by atoms with E-state index in [0.29, 0.717) is 17.9 Å². The molecule has 0 aromatic carbocycles. The molecule has 0 N–H and O–H groups in total. The van der Waals surface area contributed by atoms with Gasteiger partial charge >= 0.3 is 12.1 Å². The summed E-state index contributed by atoms with van der Waals surface area (Å²) in [7, 11) is 3.17. The molecule has 0 atom stereocenters. The molecule has 6 heteroatoms. The summed E-state index contributed by atoms with van der Waals surface area (Å²) in [6.07, 6.45) is 9.79. The second-order valence-electron chi connectivity index (χ2n) is 4.54. The highest BCUT2D eigenvalue weighted by Gasteiger charge is 2.09. The molecular weight excluding hydrogens is 300 g/mol. The van der Waals surface area contributed by atoms with Gasteiger partial charge in [-0.1, -0.05) is 12.2 Å². The molecule has 1 aliphatic rings. The molecule has 0 heterocycles. The molecule has 0 radical (unpaired) electrons. The van der Waals surface area contributed by atoms with Gasteiger partial charge in [0.15, 0.2) is 11.5 Å². The summed E-state index contributed by atoms with van der Waals surface area (Å²) in [6, 6.07) is 0. The standard InChI is InChI=1S/C17H22O6/c1-4-22-17(19)23-16(18)12-10-13-7-5-6-8-14(20-2)15(21-3)11-9-13/h7-8,10-12H,4-6,9H2,1-3H3/b12-10+,13-7+,14-8?,15-11+. The summed E-state index contributed by atoms with van der Waals surface area (Å²) >= 11 is 0. The fourth-order valence-electron chi connectivity index (χ4n) is 1.92. The maximum Gasteiger partial charge on any atom is 0.516 e. The number of carbonyl (C=O) groups is 2. The largest absolute Gasteiger partial charge is 0.516 e. The summed E-state index contributed by atoms with van der Waals surface area (Å²) in [6.45, 7) is 1.78. The predicted molar refractivity (Wildman–Crippen MR) is 84.4 cm³/mol. The van der Waals surface area contributed by atoms with Crippen molar-refractivity contribution in [3.8, 4) is 0 Å². The molecule has 0 unspecified atom stereocenters. The van der Waals surface area contributed by atoms with Gasteiger partial charge in [0, 0.05) is 6.08 Å². The van der Waals surface area contributed by atoms with Crippen LogP contribution in [0.25, 0.3) is 0 Å². The van der Waals surface area contributed by atoms with E-state index in [-0.39, 0.29) is 6.61 Å². The van der Waals surface area contributed by atoms with E-state index in [2.05, 4.69) is 9.47 Å². The summed E-state index contributed by atoms with van der Waals surface area (Å²) in [5.74, 6) is 0.562. The zero-order valence-electron chi connectivity index (χ0n) is 13.7. The van der Waals surface area contributed by atoms with Gasteiger partial charge in [0.05, 0.1) is 20.8 Å². The second kappa shape index (κ2) is 10.3. The van der Waals surface area contributed by atoms with Crippen LogP contribution < -0.4 is 0 Å². The average Bonchev–Trinajstić information content (AvgIpc) is 2.62. The van der Waals surface area contributed by atoms with Crippen molar-refractivity contribution in [3.05, 3.63) is 47.5 Å². The molecule has 0 fully saturated rings. The minimum absolute atomic E-state index is 0.153. The molecule has 23 heavy (non-hydrogen) atoms. The van der Waals surface area contributed by atoms with Crippen molar-refractivity contribution < 1.29 is 28.5 Å². The van der Waals surface area contributed by atoms with E-state index in [0.717, 1.165) is 18.4 Å². The minimum atomic E-state index is -0.999. The first-order valence-corrected chi connectivity index (χ1v) is 7.35. The molecular formula is C17H22O6. The Morgan fingerprint density at radius 1 is 1.09 bits per heavy atom. The highest BCUT2D eigenvalue weighted by molar-refractivity contribution is 5.90. The molecule has 0 saturated heterocycles. The normalized spacial score (nSPS) is 19.9. The number of allylic oxidation sites excluding steroid dienone is 5. The van der Waals surface area contributed by atoms with Crippen LogP contribution in [0.1, 0.15) is 26.2 Å². The number of rotatable bonds is 5. The number of methoxy groups -OCH3 is 2. The first-order chi connectivity index (χ1) is 11.1. The smallest absolute Gasteiger partial charge is 0.493 e. The molecule has 0 aromatic heterocycles. The van der Waals surface area contributed by atoms with Crippen LogP contribution in [0.2, 0.25) is 0 Å². The Hall–Kier alpha value is -2.50. The van der Waals surface area contributed by atoms with E-state index in [1.54, 1.807) is 27.2 Å². The topological polar surface area (TPSA) is 71.1 Å². The van der Waals surface area contributed by atoms with Crippen LogP contribution in [0.3, 0.4) is 0 Å². The number of hydrogen-bond acceptors (Lipinski definition) is 6. The Kier molecular flexibility index (Phi) is 8.28. The van der Waals surface area contributed by atoms with Gasteiger partial charge in [0.25, 0.3) is 0 Å². The van der Waals surface area contributed by atoms with Gasteiger partial charge in [-0.25, -0.2) is 9.59 Å². The van der Waals surface area contributed by atoms with Crippen LogP contribution >= 0.6 is 0 Å². The van der Waals surface area contributed by atoms with E-state index in [4.69, 9.17) is 9.47 Å². The molecule has 0 spiro atoms. The lowest BCUT2D eigenvalue weighted by Crippen LogP contribution is -2.11. The van der Waals surface area contributed by atoms with Crippen molar-refractivity contribution in [2.75, 3.05) is 20.8 Å². The Balaban J connectivity index is 2.71. The minimum Gasteiger partial charge on any atom is -0.493 e. The van der Waals surface area contributed by atoms with Gasteiger partial charge < -0.3 is 18.9 Å². The lowest BCUT2D eigenvalue weighted by molar-refractivity contribution is -0.134. The highest BCUT2D eigenvalue weighted by Crippen LogP contribution is 2.19. The number of esters is 1. The van der Waals surface area contributed by atoms with Gasteiger partial charge in [-0.05, 0) is 43.9 Å². The van der Waals surface area contributed by atoms with E-state index in [9.17, 15) is 9.59 Å². The summed E-state index contributed by atoms with van der Waals surface area (Å²) in [5.41, 5.74) is 0.908. The molecule has 0 amide bonds. The fraction of sp³-hybridized carbons (Fsp3) is 0.412. The molecule has 0 aliphatic heterocycles. The van der Waals surface area contributed by atoms with Crippen LogP contribution in [0.15, 0.2) is 47.5 Å². The first kappa shape index (κ1) is 18.5.